The molecule has 2 aliphatic rings. The maximum atomic E-state index is 12.1. The van der Waals surface area contributed by atoms with E-state index >= 15 is 0 Å². The third-order valence-electron chi connectivity index (χ3n) is 3.73. The fourth-order valence-electron chi connectivity index (χ4n) is 2.92. The van der Waals surface area contributed by atoms with Crippen molar-refractivity contribution in [2.45, 2.75) is 12.8 Å². The monoisotopic (exact) mass is 316 g/mol. The summed E-state index contributed by atoms with van der Waals surface area (Å²) in [4.78, 5) is 23.8. The largest absolute Gasteiger partial charge is 0.469 e. The number of halogens is 1. The Morgan fingerprint density at radius 3 is 2.39 bits per heavy atom. The minimum Gasteiger partial charge on any atom is -0.469 e. The second kappa shape index (κ2) is 5.87. The Kier molecular flexibility index (Phi) is 4.43. The van der Waals surface area contributed by atoms with Gasteiger partial charge in [0.1, 0.15) is 0 Å². The highest BCUT2D eigenvalue weighted by atomic mass is 79.9. The molecule has 1 saturated carbocycles. The van der Waals surface area contributed by atoms with Crippen LogP contribution in [0.1, 0.15) is 12.8 Å². The molecular weight excluding hydrogens is 300 g/mol. The van der Waals surface area contributed by atoms with E-state index in [9.17, 15) is 9.59 Å². The summed E-state index contributed by atoms with van der Waals surface area (Å²) >= 11 is 3.29. The van der Waals surface area contributed by atoms with Gasteiger partial charge in [-0.05, 0) is 24.7 Å². The summed E-state index contributed by atoms with van der Waals surface area (Å²) in [6.07, 6.45) is 5.69. The van der Waals surface area contributed by atoms with Gasteiger partial charge in [-0.2, -0.15) is 0 Å². The Bertz CT molecular complexity index is 366. The van der Waals surface area contributed by atoms with Crippen LogP contribution in [0, 0.1) is 23.7 Å². The van der Waals surface area contributed by atoms with Crippen molar-refractivity contribution >= 4 is 27.9 Å². The molecule has 0 spiro atoms. The van der Waals surface area contributed by atoms with Crippen LogP contribution in [0.5, 0.6) is 0 Å². The number of hydrogen-bond donors (Lipinski definition) is 0. The van der Waals surface area contributed by atoms with E-state index in [1.54, 1.807) is 0 Å². The van der Waals surface area contributed by atoms with Crippen molar-refractivity contribution < 1.29 is 19.1 Å². The molecule has 4 unspecified atom stereocenters. The SMILES string of the molecule is COC(=O)C1C2C=CC(C2)C1C(=O)OCCCBr. The summed E-state index contributed by atoms with van der Waals surface area (Å²) < 4.78 is 10.0. The molecule has 2 bridgehead atoms. The van der Waals surface area contributed by atoms with Crippen molar-refractivity contribution in [1.82, 2.24) is 0 Å². The van der Waals surface area contributed by atoms with E-state index in [1.165, 1.54) is 7.11 Å². The fourth-order valence-corrected chi connectivity index (χ4v) is 3.15. The highest BCUT2D eigenvalue weighted by Crippen LogP contribution is 2.48. The summed E-state index contributed by atoms with van der Waals surface area (Å²) in [7, 11) is 1.37. The molecule has 5 heteroatoms. The predicted octanol–water partition coefficient (Wildman–Crippen LogP) is 1.93. The molecule has 0 aromatic heterocycles. The second-order valence-corrected chi connectivity index (χ2v) is 5.53. The van der Waals surface area contributed by atoms with E-state index in [0.29, 0.717) is 6.61 Å². The third-order valence-corrected chi connectivity index (χ3v) is 4.29. The molecular formula is C13H17BrO4. The van der Waals surface area contributed by atoms with Gasteiger partial charge in [0.25, 0.3) is 0 Å². The van der Waals surface area contributed by atoms with Gasteiger partial charge in [-0.25, -0.2) is 0 Å². The molecule has 0 aromatic rings. The minimum absolute atomic E-state index is 0.135. The van der Waals surface area contributed by atoms with E-state index in [2.05, 4.69) is 15.9 Å². The van der Waals surface area contributed by atoms with Gasteiger partial charge in [-0.15, -0.1) is 0 Å². The van der Waals surface area contributed by atoms with Crippen LogP contribution in [-0.4, -0.2) is 31.0 Å². The predicted molar refractivity (Wildman–Crippen MR) is 69.1 cm³/mol. The number of esters is 2. The summed E-state index contributed by atoms with van der Waals surface area (Å²) in [6.45, 7) is 0.398. The van der Waals surface area contributed by atoms with Crippen molar-refractivity contribution in [3.63, 3.8) is 0 Å². The molecule has 18 heavy (non-hydrogen) atoms. The van der Waals surface area contributed by atoms with Gasteiger partial charge >= 0.3 is 11.9 Å². The van der Waals surface area contributed by atoms with Gasteiger partial charge in [0, 0.05) is 5.33 Å². The van der Waals surface area contributed by atoms with Gasteiger partial charge in [0.15, 0.2) is 0 Å². The van der Waals surface area contributed by atoms with E-state index in [1.807, 2.05) is 12.2 Å². The average Bonchev–Trinajstić information content (AvgIpc) is 2.98. The second-order valence-electron chi connectivity index (χ2n) is 4.73. The molecule has 0 saturated heterocycles. The van der Waals surface area contributed by atoms with Crippen LogP contribution in [0.25, 0.3) is 0 Å². The lowest BCUT2D eigenvalue weighted by Crippen LogP contribution is -2.35. The Morgan fingerprint density at radius 1 is 1.22 bits per heavy atom. The van der Waals surface area contributed by atoms with Gasteiger partial charge in [-0.3, -0.25) is 9.59 Å². The van der Waals surface area contributed by atoms with Crippen LogP contribution in [0.2, 0.25) is 0 Å². The first-order chi connectivity index (χ1) is 8.69. The first kappa shape index (κ1) is 13.6. The number of ether oxygens (including phenoxy) is 2. The standard InChI is InChI=1S/C13H17BrO4/c1-17-12(15)10-8-3-4-9(7-8)11(10)13(16)18-6-2-5-14/h3-4,8-11H,2,5-7H2,1H3. The van der Waals surface area contributed by atoms with Crippen molar-refractivity contribution in [2.24, 2.45) is 23.7 Å². The number of hydrogen-bond acceptors (Lipinski definition) is 4. The number of allylic oxidation sites excluding steroid dienone is 2. The molecule has 0 N–H and O–H groups in total. The van der Waals surface area contributed by atoms with Crippen molar-refractivity contribution in [1.29, 1.82) is 0 Å². The summed E-state index contributed by atoms with van der Waals surface area (Å²) in [6, 6.07) is 0. The lowest BCUT2D eigenvalue weighted by atomic mass is 9.83. The Labute approximate surface area is 115 Å². The minimum atomic E-state index is -0.360. The summed E-state index contributed by atoms with van der Waals surface area (Å²) in [5.41, 5.74) is 0. The van der Waals surface area contributed by atoms with Gasteiger partial charge in [0.2, 0.25) is 0 Å². The number of methoxy groups -OCH3 is 1. The molecule has 0 aliphatic heterocycles. The summed E-state index contributed by atoms with van der Waals surface area (Å²) in [5, 5.41) is 0.803. The topological polar surface area (TPSA) is 52.6 Å². The maximum absolute atomic E-state index is 12.1. The lowest BCUT2D eigenvalue weighted by molar-refractivity contribution is -0.159. The zero-order valence-corrected chi connectivity index (χ0v) is 11.9. The third kappa shape index (κ3) is 2.46. The normalized spacial score (nSPS) is 32.6. The number of fused-ring (bicyclic) bond motifs is 2. The average molecular weight is 317 g/mol. The zero-order valence-electron chi connectivity index (χ0n) is 10.3. The molecule has 2 aliphatic carbocycles. The van der Waals surface area contributed by atoms with Gasteiger partial charge < -0.3 is 9.47 Å². The Morgan fingerprint density at radius 2 is 1.83 bits per heavy atom. The maximum Gasteiger partial charge on any atom is 0.310 e. The van der Waals surface area contributed by atoms with Crippen LogP contribution in [0.4, 0.5) is 0 Å². The van der Waals surface area contributed by atoms with Crippen molar-refractivity contribution in [2.75, 3.05) is 19.0 Å². The first-order valence-electron chi connectivity index (χ1n) is 6.17. The van der Waals surface area contributed by atoms with Crippen molar-refractivity contribution in [3.05, 3.63) is 12.2 Å². The highest BCUT2D eigenvalue weighted by Gasteiger charge is 2.52. The fraction of sp³-hybridized carbons (Fsp3) is 0.692. The molecule has 100 valence electrons. The summed E-state index contributed by atoms with van der Waals surface area (Å²) in [5.74, 6) is -1.01. The highest BCUT2D eigenvalue weighted by molar-refractivity contribution is 9.09. The van der Waals surface area contributed by atoms with Crippen LogP contribution in [0.3, 0.4) is 0 Å². The number of carbonyl (C=O) groups excluding carboxylic acids is 2. The molecule has 0 aromatic carbocycles. The van der Waals surface area contributed by atoms with Crippen LogP contribution < -0.4 is 0 Å². The molecule has 4 atom stereocenters. The molecule has 0 heterocycles. The number of alkyl halides is 1. The quantitative estimate of drug-likeness (QED) is 0.336. The molecule has 4 nitrogen and oxygen atoms in total. The van der Waals surface area contributed by atoms with Gasteiger partial charge in [-0.1, -0.05) is 28.1 Å². The lowest BCUT2D eigenvalue weighted by Gasteiger charge is -2.24. The Hall–Kier alpha value is -0.840. The van der Waals surface area contributed by atoms with E-state index in [0.717, 1.165) is 18.2 Å². The Balaban J connectivity index is 2.03. The van der Waals surface area contributed by atoms with E-state index in [-0.39, 0.29) is 35.6 Å². The van der Waals surface area contributed by atoms with Crippen LogP contribution >= 0.6 is 15.9 Å². The molecule has 0 radical (unpaired) electrons. The van der Waals surface area contributed by atoms with Crippen LogP contribution in [-0.2, 0) is 19.1 Å². The first-order valence-corrected chi connectivity index (χ1v) is 7.30. The molecule has 1 fully saturated rings. The van der Waals surface area contributed by atoms with E-state index < -0.39 is 0 Å². The number of carbonyl (C=O) groups is 2. The number of rotatable bonds is 5. The zero-order chi connectivity index (χ0) is 13.1. The smallest absolute Gasteiger partial charge is 0.310 e. The van der Waals surface area contributed by atoms with Crippen molar-refractivity contribution in [3.8, 4) is 0 Å². The van der Waals surface area contributed by atoms with E-state index in [4.69, 9.17) is 9.47 Å². The molecule has 2 rings (SSSR count). The molecule has 0 amide bonds. The van der Waals surface area contributed by atoms with Gasteiger partial charge in [0.05, 0.1) is 25.6 Å². The van der Waals surface area contributed by atoms with Crippen LogP contribution in [0.15, 0.2) is 12.2 Å².